The van der Waals surface area contributed by atoms with Crippen molar-refractivity contribution in [2.45, 2.75) is 50.9 Å². The summed E-state index contributed by atoms with van der Waals surface area (Å²) < 4.78 is 43.3. The summed E-state index contributed by atoms with van der Waals surface area (Å²) in [6.07, 6.45) is 0.233. The topological polar surface area (TPSA) is 48.1 Å². The predicted octanol–water partition coefficient (Wildman–Crippen LogP) is 3.39. The average Bonchev–Trinajstić information content (AvgIpc) is 2.38. The zero-order valence-electron chi connectivity index (χ0n) is 11.4. The van der Waals surface area contributed by atoms with Crippen molar-refractivity contribution in [1.82, 2.24) is 4.98 Å². The Labute approximate surface area is 116 Å². The molecule has 1 aromatic heterocycles. The number of nitrogens with zero attached hydrogens (tertiary/aromatic N) is 1. The molecule has 1 heterocycles. The first kappa shape index (κ1) is 15.1. The van der Waals surface area contributed by atoms with E-state index in [4.69, 9.17) is 10.5 Å². The molecule has 1 aliphatic rings. The highest BCUT2D eigenvalue weighted by molar-refractivity contribution is 5.24. The molecule has 0 spiro atoms. The first-order valence-electron chi connectivity index (χ1n) is 6.81. The molecule has 1 saturated carbocycles. The summed E-state index contributed by atoms with van der Waals surface area (Å²) in [6.45, 7) is 1.99. The minimum Gasteiger partial charge on any atom is -0.490 e. The van der Waals surface area contributed by atoms with Gasteiger partial charge in [-0.1, -0.05) is 0 Å². The van der Waals surface area contributed by atoms with Crippen LogP contribution >= 0.6 is 0 Å². The minimum atomic E-state index is -4.44. The first-order chi connectivity index (χ1) is 9.36. The molecule has 1 aromatic rings. The molecule has 1 unspecified atom stereocenters. The highest BCUT2D eigenvalue weighted by Crippen LogP contribution is 2.32. The Morgan fingerprint density at radius 3 is 2.50 bits per heavy atom. The van der Waals surface area contributed by atoms with Crippen molar-refractivity contribution >= 4 is 0 Å². The molecular formula is C14H19F3N2O. The Morgan fingerprint density at radius 1 is 1.30 bits per heavy atom. The second kappa shape index (κ2) is 5.99. The molecule has 1 aliphatic carbocycles. The molecule has 112 valence electrons. The number of hydrogen-bond acceptors (Lipinski definition) is 3. The molecular weight excluding hydrogens is 269 g/mol. The number of halogens is 3. The van der Waals surface area contributed by atoms with Gasteiger partial charge in [0.05, 0.1) is 6.10 Å². The van der Waals surface area contributed by atoms with Crippen LogP contribution in [0, 0.1) is 5.92 Å². The zero-order chi connectivity index (χ0) is 14.8. The highest BCUT2D eigenvalue weighted by atomic mass is 19.4. The van der Waals surface area contributed by atoms with Gasteiger partial charge in [-0.2, -0.15) is 13.2 Å². The largest absolute Gasteiger partial charge is 0.490 e. The van der Waals surface area contributed by atoms with Crippen LogP contribution in [-0.4, -0.2) is 17.1 Å². The lowest BCUT2D eigenvalue weighted by Gasteiger charge is -2.31. The molecule has 0 bridgehead atoms. The van der Waals surface area contributed by atoms with Crippen molar-refractivity contribution in [3.63, 3.8) is 0 Å². The van der Waals surface area contributed by atoms with Crippen molar-refractivity contribution in [2.75, 3.05) is 0 Å². The quantitative estimate of drug-likeness (QED) is 0.927. The second-order valence-electron chi connectivity index (χ2n) is 5.39. The molecule has 0 amide bonds. The van der Waals surface area contributed by atoms with Crippen molar-refractivity contribution < 1.29 is 17.9 Å². The van der Waals surface area contributed by atoms with E-state index in [0.29, 0.717) is 5.92 Å². The maximum Gasteiger partial charge on any atom is 0.433 e. The van der Waals surface area contributed by atoms with E-state index in [9.17, 15) is 13.2 Å². The van der Waals surface area contributed by atoms with E-state index < -0.39 is 11.9 Å². The van der Waals surface area contributed by atoms with Crippen LogP contribution in [-0.2, 0) is 6.18 Å². The van der Waals surface area contributed by atoms with Crippen LogP contribution in [0.3, 0.4) is 0 Å². The van der Waals surface area contributed by atoms with E-state index in [0.717, 1.165) is 37.9 Å². The van der Waals surface area contributed by atoms with Crippen LogP contribution in [0.4, 0.5) is 13.2 Å². The number of hydrogen-bond donors (Lipinski definition) is 1. The third-order valence-electron chi connectivity index (χ3n) is 3.79. The Kier molecular flexibility index (Phi) is 4.52. The lowest BCUT2D eigenvalue weighted by molar-refractivity contribution is -0.141. The lowest BCUT2D eigenvalue weighted by atomic mass is 9.83. The van der Waals surface area contributed by atoms with E-state index in [1.165, 1.54) is 6.07 Å². The van der Waals surface area contributed by atoms with Gasteiger partial charge in [0.15, 0.2) is 0 Å². The van der Waals surface area contributed by atoms with Crippen molar-refractivity contribution in [1.29, 1.82) is 0 Å². The molecule has 2 rings (SSSR count). The minimum absolute atomic E-state index is 0.0338. The standard InChI is InChI=1S/C14H19F3N2O/c1-9(18)10-2-4-11(5-3-10)20-12-6-7-19-13(8-12)14(15,16)17/h6-11H,2-5,18H2,1H3. The van der Waals surface area contributed by atoms with E-state index in [2.05, 4.69) is 4.98 Å². The second-order valence-corrected chi connectivity index (χ2v) is 5.39. The summed E-state index contributed by atoms with van der Waals surface area (Å²) >= 11 is 0. The summed E-state index contributed by atoms with van der Waals surface area (Å²) in [5, 5.41) is 0. The van der Waals surface area contributed by atoms with E-state index >= 15 is 0 Å². The summed E-state index contributed by atoms with van der Waals surface area (Å²) in [4.78, 5) is 3.32. The lowest BCUT2D eigenvalue weighted by Crippen LogP contribution is -2.33. The molecule has 0 aliphatic heterocycles. The van der Waals surface area contributed by atoms with Crippen molar-refractivity contribution in [3.8, 4) is 5.75 Å². The van der Waals surface area contributed by atoms with Crippen LogP contribution in [0.2, 0.25) is 0 Å². The molecule has 0 saturated heterocycles. The SMILES string of the molecule is CC(N)C1CCC(Oc2ccnc(C(F)(F)F)c2)CC1. The predicted molar refractivity (Wildman–Crippen MR) is 69.3 cm³/mol. The molecule has 20 heavy (non-hydrogen) atoms. The zero-order valence-corrected chi connectivity index (χ0v) is 11.4. The van der Waals surface area contributed by atoms with E-state index in [1.807, 2.05) is 6.92 Å². The van der Waals surface area contributed by atoms with Gasteiger partial charge in [0.2, 0.25) is 0 Å². The first-order valence-corrected chi connectivity index (χ1v) is 6.81. The van der Waals surface area contributed by atoms with Gasteiger partial charge in [0.25, 0.3) is 0 Å². The fourth-order valence-corrected chi connectivity index (χ4v) is 2.56. The maximum absolute atomic E-state index is 12.6. The summed E-state index contributed by atoms with van der Waals surface area (Å²) in [5.41, 5.74) is 4.94. The number of rotatable bonds is 3. The number of alkyl halides is 3. The van der Waals surface area contributed by atoms with Gasteiger partial charge in [-0.05, 0) is 44.6 Å². The normalized spacial score (nSPS) is 25.2. The van der Waals surface area contributed by atoms with Crippen LogP contribution in [0.15, 0.2) is 18.3 Å². The van der Waals surface area contributed by atoms with Gasteiger partial charge in [-0.15, -0.1) is 0 Å². The molecule has 6 heteroatoms. The third kappa shape index (κ3) is 3.85. The summed E-state index contributed by atoms with van der Waals surface area (Å²) in [6, 6.07) is 2.58. The van der Waals surface area contributed by atoms with E-state index in [1.54, 1.807) is 0 Å². The van der Waals surface area contributed by atoms with Crippen LogP contribution < -0.4 is 10.5 Å². The molecule has 3 nitrogen and oxygen atoms in total. The molecule has 0 aromatic carbocycles. The maximum atomic E-state index is 12.6. The van der Waals surface area contributed by atoms with Gasteiger partial charge < -0.3 is 10.5 Å². The fraction of sp³-hybridized carbons (Fsp3) is 0.643. The summed E-state index contributed by atoms with van der Waals surface area (Å²) in [7, 11) is 0. The number of ether oxygens (including phenoxy) is 1. The number of nitrogens with two attached hydrogens (primary N) is 1. The smallest absolute Gasteiger partial charge is 0.433 e. The van der Waals surface area contributed by atoms with Gasteiger partial charge in [0.1, 0.15) is 11.4 Å². The van der Waals surface area contributed by atoms with Crippen molar-refractivity contribution in [3.05, 3.63) is 24.0 Å². The fourth-order valence-electron chi connectivity index (χ4n) is 2.56. The van der Waals surface area contributed by atoms with Gasteiger partial charge >= 0.3 is 6.18 Å². The summed E-state index contributed by atoms with van der Waals surface area (Å²) in [5.74, 6) is 0.717. The average molecular weight is 288 g/mol. The van der Waals surface area contributed by atoms with Gasteiger partial charge in [-0.3, -0.25) is 4.98 Å². The Hall–Kier alpha value is -1.30. The molecule has 2 N–H and O–H groups in total. The van der Waals surface area contributed by atoms with Crippen LogP contribution in [0.5, 0.6) is 5.75 Å². The number of aromatic nitrogens is 1. The third-order valence-corrected chi connectivity index (χ3v) is 3.79. The van der Waals surface area contributed by atoms with Gasteiger partial charge in [0, 0.05) is 18.3 Å². The Bertz CT molecular complexity index is 440. The molecule has 1 fully saturated rings. The van der Waals surface area contributed by atoms with Gasteiger partial charge in [-0.25, -0.2) is 0 Å². The molecule has 1 atom stereocenters. The van der Waals surface area contributed by atoms with E-state index in [-0.39, 0.29) is 17.9 Å². The van der Waals surface area contributed by atoms with Crippen LogP contribution in [0.25, 0.3) is 0 Å². The molecule has 0 radical (unpaired) electrons. The Morgan fingerprint density at radius 2 is 1.95 bits per heavy atom. The Balaban J connectivity index is 1.95. The number of pyridine rings is 1. The van der Waals surface area contributed by atoms with Crippen LogP contribution in [0.1, 0.15) is 38.3 Å². The monoisotopic (exact) mass is 288 g/mol. The van der Waals surface area contributed by atoms with Crippen molar-refractivity contribution in [2.24, 2.45) is 11.7 Å². The highest BCUT2D eigenvalue weighted by Gasteiger charge is 2.33.